The molecular formula is C27H23FN2O2S. The van der Waals surface area contributed by atoms with Gasteiger partial charge in [0.15, 0.2) is 0 Å². The first-order chi connectivity index (χ1) is 16.0. The number of rotatable bonds is 3. The summed E-state index contributed by atoms with van der Waals surface area (Å²) in [4.78, 5) is 28.8. The van der Waals surface area contributed by atoms with Gasteiger partial charge in [-0.05, 0) is 60.7 Å². The first kappa shape index (κ1) is 21.5. The third-order valence-corrected chi connectivity index (χ3v) is 7.26. The predicted molar refractivity (Wildman–Crippen MR) is 130 cm³/mol. The number of hydrogen-bond acceptors (Lipinski definition) is 3. The molecule has 0 saturated carbocycles. The number of amides is 2. The standard InChI is InChI=1S/C27H23FN2O2S/c1-30-23-15-19(26(31)29-22-12-6-9-17-7-2-4-10-20(17)22)13-14-24(23)33-25(27(30)32)16-18-8-3-5-11-21(18)28/h2-5,7-8,10-11,13-16,22H,6,9,12H2,1H3,(H,29,31). The van der Waals surface area contributed by atoms with Crippen LogP contribution >= 0.6 is 11.8 Å². The number of likely N-dealkylation sites (N-methyl/N-ethyl adjacent to an activating group) is 1. The second-order valence-corrected chi connectivity index (χ2v) is 9.38. The lowest BCUT2D eigenvalue weighted by molar-refractivity contribution is -0.114. The number of carbonyl (C=O) groups excluding carboxylic acids is 2. The molecule has 166 valence electrons. The van der Waals surface area contributed by atoms with E-state index < -0.39 is 0 Å². The van der Waals surface area contributed by atoms with E-state index in [4.69, 9.17) is 0 Å². The molecule has 1 atom stereocenters. The van der Waals surface area contributed by atoms with Crippen LogP contribution in [0.4, 0.5) is 10.1 Å². The molecule has 6 heteroatoms. The minimum atomic E-state index is -0.372. The van der Waals surface area contributed by atoms with Gasteiger partial charge in [-0.1, -0.05) is 54.2 Å². The summed E-state index contributed by atoms with van der Waals surface area (Å²) in [7, 11) is 1.68. The first-order valence-corrected chi connectivity index (χ1v) is 11.8. The van der Waals surface area contributed by atoms with Crippen molar-refractivity contribution in [2.45, 2.75) is 30.2 Å². The maximum Gasteiger partial charge on any atom is 0.264 e. The van der Waals surface area contributed by atoms with Crippen molar-refractivity contribution in [1.82, 2.24) is 5.32 Å². The Morgan fingerprint density at radius 3 is 2.76 bits per heavy atom. The number of hydrogen-bond donors (Lipinski definition) is 1. The number of halogens is 1. The van der Waals surface area contributed by atoms with Gasteiger partial charge in [0.05, 0.1) is 16.6 Å². The molecule has 4 nitrogen and oxygen atoms in total. The maximum atomic E-state index is 14.1. The molecule has 1 N–H and O–H groups in total. The average molecular weight is 459 g/mol. The molecule has 0 spiro atoms. The number of nitrogens with zero attached hydrogens (tertiary/aromatic N) is 1. The highest BCUT2D eigenvalue weighted by Crippen LogP contribution is 2.42. The second kappa shape index (κ2) is 8.87. The molecule has 3 aromatic rings. The zero-order valence-electron chi connectivity index (χ0n) is 18.2. The third kappa shape index (κ3) is 4.18. The number of thioether (sulfide) groups is 1. The molecule has 0 radical (unpaired) electrons. The Hall–Kier alpha value is -3.38. The Morgan fingerprint density at radius 1 is 1.12 bits per heavy atom. The van der Waals surface area contributed by atoms with Gasteiger partial charge < -0.3 is 10.2 Å². The fourth-order valence-corrected chi connectivity index (χ4v) is 5.50. The molecule has 0 bridgehead atoms. The van der Waals surface area contributed by atoms with Crippen LogP contribution in [0.5, 0.6) is 0 Å². The maximum absolute atomic E-state index is 14.1. The van der Waals surface area contributed by atoms with Crippen LogP contribution in [0.25, 0.3) is 6.08 Å². The van der Waals surface area contributed by atoms with E-state index >= 15 is 0 Å². The molecule has 0 fully saturated rings. The van der Waals surface area contributed by atoms with E-state index in [0.29, 0.717) is 21.7 Å². The van der Waals surface area contributed by atoms with Crippen molar-refractivity contribution in [3.8, 4) is 0 Å². The molecule has 33 heavy (non-hydrogen) atoms. The van der Waals surface area contributed by atoms with Crippen LogP contribution in [-0.2, 0) is 11.2 Å². The number of carbonyl (C=O) groups is 2. The van der Waals surface area contributed by atoms with Crippen LogP contribution in [0.1, 0.15) is 45.9 Å². The van der Waals surface area contributed by atoms with Crippen molar-refractivity contribution in [1.29, 1.82) is 0 Å². The van der Waals surface area contributed by atoms with Gasteiger partial charge in [-0.2, -0.15) is 0 Å². The number of anilines is 1. The summed E-state index contributed by atoms with van der Waals surface area (Å²) >= 11 is 1.29. The Bertz CT molecular complexity index is 1290. The molecule has 2 aliphatic rings. The lowest BCUT2D eigenvalue weighted by atomic mass is 9.87. The lowest BCUT2D eigenvalue weighted by Crippen LogP contribution is -2.32. The summed E-state index contributed by atoms with van der Waals surface area (Å²) in [5.74, 6) is -0.754. The number of benzene rings is 3. The molecule has 1 heterocycles. The predicted octanol–water partition coefficient (Wildman–Crippen LogP) is 5.74. The summed E-state index contributed by atoms with van der Waals surface area (Å²) in [5.41, 5.74) is 4.02. The first-order valence-electron chi connectivity index (χ1n) is 11.0. The molecule has 5 rings (SSSR count). The molecule has 0 saturated heterocycles. The lowest BCUT2D eigenvalue weighted by Gasteiger charge is -2.28. The summed E-state index contributed by atoms with van der Waals surface area (Å²) in [6, 6.07) is 20.0. The van der Waals surface area contributed by atoms with Crippen LogP contribution in [0.2, 0.25) is 0 Å². The molecule has 3 aromatic carbocycles. The molecule has 1 unspecified atom stereocenters. The summed E-state index contributed by atoms with van der Waals surface area (Å²) in [5, 5.41) is 3.17. The van der Waals surface area contributed by atoms with E-state index in [-0.39, 0.29) is 23.7 Å². The highest BCUT2D eigenvalue weighted by molar-refractivity contribution is 8.04. The molecule has 2 amide bonds. The average Bonchev–Trinajstić information content (AvgIpc) is 2.84. The number of fused-ring (bicyclic) bond motifs is 2. The summed E-state index contributed by atoms with van der Waals surface area (Å²) < 4.78 is 14.1. The van der Waals surface area contributed by atoms with Crippen molar-refractivity contribution in [2.75, 3.05) is 11.9 Å². The largest absolute Gasteiger partial charge is 0.345 e. The Balaban J connectivity index is 1.39. The highest BCUT2D eigenvalue weighted by Gasteiger charge is 2.28. The van der Waals surface area contributed by atoms with Gasteiger partial charge in [0.1, 0.15) is 5.82 Å². The number of aryl methyl sites for hydroxylation is 1. The van der Waals surface area contributed by atoms with Gasteiger partial charge in [0.2, 0.25) is 0 Å². The van der Waals surface area contributed by atoms with Gasteiger partial charge >= 0.3 is 0 Å². The quantitative estimate of drug-likeness (QED) is 0.509. The Morgan fingerprint density at radius 2 is 1.91 bits per heavy atom. The van der Waals surface area contributed by atoms with Crippen LogP contribution in [0, 0.1) is 5.82 Å². The fourth-order valence-electron chi connectivity index (χ4n) is 4.41. The smallest absolute Gasteiger partial charge is 0.264 e. The normalized spacial score (nSPS) is 18.6. The van der Waals surface area contributed by atoms with Gasteiger partial charge in [0.25, 0.3) is 11.8 Å². The zero-order valence-corrected chi connectivity index (χ0v) is 19.0. The third-order valence-electron chi connectivity index (χ3n) is 6.18. The minimum Gasteiger partial charge on any atom is -0.345 e. The summed E-state index contributed by atoms with van der Waals surface area (Å²) in [6.45, 7) is 0. The van der Waals surface area contributed by atoms with Crippen molar-refractivity contribution >= 4 is 35.3 Å². The van der Waals surface area contributed by atoms with Gasteiger partial charge in [-0.25, -0.2) is 4.39 Å². The van der Waals surface area contributed by atoms with Gasteiger partial charge in [0, 0.05) is 23.1 Å². The van der Waals surface area contributed by atoms with E-state index in [2.05, 4.69) is 17.4 Å². The van der Waals surface area contributed by atoms with Crippen LogP contribution in [0.15, 0.2) is 76.5 Å². The van der Waals surface area contributed by atoms with Gasteiger partial charge in [-0.3, -0.25) is 9.59 Å². The van der Waals surface area contributed by atoms with E-state index in [1.54, 1.807) is 43.5 Å². The van der Waals surface area contributed by atoms with Crippen LogP contribution in [-0.4, -0.2) is 18.9 Å². The van der Waals surface area contributed by atoms with Gasteiger partial charge in [-0.15, -0.1) is 0 Å². The van der Waals surface area contributed by atoms with E-state index in [1.165, 1.54) is 33.9 Å². The Kier molecular flexibility index (Phi) is 5.77. The van der Waals surface area contributed by atoms with E-state index in [1.807, 2.05) is 18.2 Å². The van der Waals surface area contributed by atoms with Crippen LogP contribution < -0.4 is 10.2 Å². The SMILES string of the molecule is CN1C(=O)C(=Cc2ccccc2F)Sc2ccc(C(=O)NC3CCCc4ccccc43)cc21. The van der Waals surface area contributed by atoms with Crippen molar-refractivity contribution in [3.63, 3.8) is 0 Å². The second-order valence-electron chi connectivity index (χ2n) is 8.30. The van der Waals surface area contributed by atoms with E-state index in [9.17, 15) is 14.0 Å². The topological polar surface area (TPSA) is 49.4 Å². The Labute approximate surface area is 196 Å². The number of nitrogens with one attached hydrogen (secondary N) is 1. The van der Waals surface area contributed by atoms with Crippen LogP contribution in [0.3, 0.4) is 0 Å². The molecule has 1 aliphatic heterocycles. The fraction of sp³-hybridized carbons (Fsp3) is 0.185. The summed E-state index contributed by atoms with van der Waals surface area (Å²) in [6.07, 6.45) is 4.56. The van der Waals surface area contributed by atoms with Crippen molar-refractivity contribution in [3.05, 3.63) is 99.7 Å². The minimum absolute atomic E-state index is 0.0116. The zero-order chi connectivity index (χ0) is 22.9. The van der Waals surface area contributed by atoms with E-state index in [0.717, 1.165) is 24.2 Å². The molecule has 1 aliphatic carbocycles. The van der Waals surface area contributed by atoms with Crippen molar-refractivity contribution in [2.24, 2.45) is 0 Å². The molecular weight excluding hydrogens is 435 g/mol. The van der Waals surface area contributed by atoms with Crippen molar-refractivity contribution < 1.29 is 14.0 Å². The monoisotopic (exact) mass is 458 g/mol. The molecule has 0 aromatic heterocycles. The highest BCUT2D eigenvalue weighted by atomic mass is 32.2.